The van der Waals surface area contributed by atoms with Crippen molar-refractivity contribution in [3.8, 4) is 11.5 Å². The normalized spacial score (nSPS) is 12.4. The third-order valence-electron chi connectivity index (χ3n) is 5.36. The lowest BCUT2D eigenvalue weighted by Gasteiger charge is -2.29. The monoisotopic (exact) mass is 457 g/mol. The lowest BCUT2D eigenvalue weighted by atomic mass is 10.1. The number of hydrogen-bond donors (Lipinski definition) is 1. The van der Waals surface area contributed by atoms with Crippen molar-refractivity contribution in [3.05, 3.63) is 64.2 Å². The van der Waals surface area contributed by atoms with Gasteiger partial charge in [-0.05, 0) is 38.3 Å². The number of nitrogens with zero attached hydrogens (tertiary/aromatic N) is 2. The van der Waals surface area contributed by atoms with Gasteiger partial charge in [-0.3, -0.25) is 19.7 Å². The first kappa shape index (κ1) is 25.6. The Kier molecular flexibility index (Phi) is 9.65. The van der Waals surface area contributed by atoms with E-state index in [0.29, 0.717) is 13.0 Å². The molecule has 1 N–H and O–H groups in total. The van der Waals surface area contributed by atoms with Crippen molar-refractivity contribution in [1.29, 1.82) is 0 Å². The number of nitro benzene ring substituents is 1. The highest BCUT2D eigenvalue weighted by molar-refractivity contribution is 5.88. The summed E-state index contributed by atoms with van der Waals surface area (Å²) in [4.78, 5) is 37.7. The van der Waals surface area contributed by atoms with Crippen LogP contribution >= 0.6 is 0 Å². The van der Waals surface area contributed by atoms with E-state index in [4.69, 9.17) is 9.47 Å². The zero-order chi connectivity index (χ0) is 24.4. The number of nitro groups is 1. The van der Waals surface area contributed by atoms with Crippen LogP contribution < -0.4 is 14.8 Å². The summed E-state index contributed by atoms with van der Waals surface area (Å²) < 4.78 is 10.6. The van der Waals surface area contributed by atoms with E-state index in [2.05, 4.69) is 5.32 Å². The van der Waals surface area contributed by atoms with Gasteiger partial charge in [0.1, 0.15) is 11.8 Å². The molecule has 0 aliphatic carbocycles. The minimum Gasteiger partial charge on any atom is -0.490 e. The molecule has 2 rings (SSSR count). The van der Waals surface area contributed by atoms with E-state index < -0.39 is 11.0 Å². The number of benzene rings is 2. The number of methoxy groups -OCH3 is 1. The molecule has 0 aliphatic heterocycles. The molecular weight excluding hydrogens is 426 g/mol. The second-order valence-corrected chi connectivity index (χ2v) is 7.70. The molecule has 0 heterocycles. The fourth-order valence-electron chi connectivity index (χ4n) is 3.16. The van der Waals surface area contributed by atoms with Crippen LogP contribution in [0, 0.1) is 10.1 Å². The molecule has 2 atom stereocenters. The van der Waals surface area contributed by atoms with Gasteiger partial charge in [0.05, 0.1) is 12.0 Å². The number of nitrogens with one attached hydrogen (secondary N) is 1. The van der Waals surface area contributed by atoms with Crippen LogP contribution in [-0.4, -0.2) is 54.0 Å². The van der Waals surface area contributed by atoms with E-state index in [1.807, 2.05) is 44.2 Å². The number of ether oxygens (including phenoxy) is 2. The zero-order valence-corrected chi connectivity index (χ0v) is 19.4. The molecule has 0 aromatic heterocycles. The van der Waals surface area contributed by atoms with Gasteiger partial charge in [0.25, 0.3) is 5.91 Å². The Hall–Kier alpha value is -3.62. The summed E-state index contributed by atoms with van der Waals surface area (Å²) in [5, 5.41) is 14.0. The molecule has 0 saturated carbocycles. The fourth-order valence-corrected chi connectivity index (χ4v) is 3.16. The Morgan fingerprint density at radius 1 is 1.15 bits per heavy atom. The number of carbonyl (C=O) groups excluding carboxylic acids is 2. The van der Waals surface area contributed by atoms with E-state index in [9.17, 15) is 19.7 Å². The number of rotatable bonds is 12. The third-order valence-corrected chi connectivity index (χ3v) is 5.36. The van der Waals surface area contributed by atoms with Crippen LogP contribution in [0.2, 0.25) is 0 Å². The van der Waals surface area contributed by atoms with Crippen molar-refractivity contribution in [1.82, 2.24) is 10.2 Å². The minimum atomic E-state index is -0.690. The summed E-state index contributed by atoms with van der Waals surface area (Å²) in [5.41, 5.74) is 0.849. The van der Waals surface area contributed by atoms with Gasteiger partial charge in [-0.25, -0.2) is 0 Å². The Bertz CT molecular complexity index is 950. The predicted octanol–water partition coefficient (Wildman–Crippen LogP) is 3.36. The first-order chi connectivity index (χ1) is 15.8. The minimum absolute atomic E-state index is 0.00477. The lowest BCUT2D eigenvalue weighted by Crippen LogP contribution is -2.51. The van der Waals surface area contributed by atoms with Crippen LogP contribution in [0.4, 0.5) is 5.69 Å². The predicted molar refractivity (Wildman–Crippen MR) is 124 cm³/mol. The summed E-state index contributed by atoms with van der Waals surface area (Å²) in [6.45, 7) is 5.59. The first-order valence-corrected chi connectivity index (χ1v) is 10.9. The van der Waals surface area contributed by atoms with Gasteiger partial charge in [-0.2, -0.15) is 0 Å². The molecule has 2 unspecified atom stereocenters. The van der Waals surface area contributed by atoms with Crippen LogP contribution in [0.15, 0.2) is 48.5 Å². The molecule has 9 nitrogen and oxygen atoms in total. The van der Waals surface area contributed by atoms with Crippen molar-refractivity contribution in [3.63, 3.8) is 0 Å². The fraction of sp³-hybridized carbons (Fsp3) is 0.417. The Labute approximate surface area is 193 Å². The number of carbonyl (C=O) groups is 2. The van der Waals surface area contributed by atoms with E-state index in [0.717, 1.165) is 12.0 Å². The Morgan fingerprint density at radius 2 is 1.85 bits per heavy atom. The molecular formula is C24H31N3O6. The molecule has 178 valence electrons. The molecule has 2 amide bonds. The standard InChI is InChI=1S/C24H31N3O6/c1-5-17(2)25-24(29)18(3)26(14-13-19-9-7-6-8-10-19)23(28)16-33-20-11-12-21(27(30)31)22(15-20)32-4/h6-12,15,17-18H,5,13-14,16H2,1-4H3,(H,25,29). The molecule has 0 fully saturated rings. The van der Waals surface area contributed by atoms with E-state index in [1.165, 1.54) is 30.2 Å². The van der Waals surface area contributed by atoms with E-state index in [1.54, 1.807) is 6.92 Å². The Balaban J connectivity index is 2.13. The average molecular weight is 458 g/mol. The first-order valence-electron chi connectivity index (χ1n) is 10.9. The van der Waals surface area contributed by atoms with Crippen LogP contribution in [-0.2, 0) is 16.0 Å². The molecule has 9 heteroatoms. The highest BCUT2D eigenvalue weighted by atomic mass is 16.6. The molecule has 2 aromatic rings. The highest BCUT2D eigenvalue weighted by Crippen LogP contribution is 2.30. The van der Waals surface area contributed by atoms with Crippen molar-refractivity contribution < 1.29 is 24.0 Å². The second-order valence-electron chi connectivity index (χ2n) is 7.70. The van der Waals surface area contributed by atoms with Crippen molar-refractivity contribution >= 4 is 17.5 Å². The molecule has 2 aromatic carbocycles. The molecule has 0 saturated heterocycles. The van der Waals surface area contributed by atoms with Crippen molar-refractivity contribution in [2.24, 2.45) is 0 Å². The van der Waals surface area contributed by atoms with Gasteiger partial charge in [0, 0.05) is 24.7 Å². The molecule has 0 spiro atoms. The van der Waals surface area contributed by atoms with Gasteiger partial charge in [0.15, 0.2) is 6.61 Å². The second kappa shape index (κ2) is 12.4. The molecule has 0 aliphatic rings. The summed E-state index contributed by atoms with van der Waals surface area (Å²) in [7, 11) is 1.32. The largest absolute Gasteiger partial charge is 0.490 e. The van der Waals surface area contributed by atoms with Crippen LogP contribution in [0.1, 0.15) is 32.8 Å². The van der Waals surface area contributed by atoms with Gasteiger partial charge in [-0.1, -0.05) is 37.3 Å². The molecule has 0 radical (unpaired) electrons. The van der Waals surface area contributed by atoms with E-state index >= 15 is 0 Å². The summed E-state index contributed by atoms with van der Waals surface area (Å²) in [5.74, 6) is -0.310. The average Bonchev–Trinajstić information content (AvgIpc) is 2.82. The van der Waals surface area contributed by atoms with Gasteiger partial charge < -0.3 is 19.7 Å². The van der Waals surface area contributed by atoms with Crippen LogP contribution in [0.5, 0.6) is 11.5 Å². The van der Waals surface area contributed by atoms with Crippen molar-refractivity contribution in [2.45, 2.75) is 45.7 Å². The molecule has 33 heavy (non-hydrogen) atoms. The topological polar surface area (TPSA) is 111 Å². The van der Waals surface area contributed by atoms with Gasteiger partial charge in [-0.15, -0.1) is 0 Å². The molecule has 0 bridgehead atoms. The SMILES string of the molecule is CCC(C)NC(=O)C(C)N(CCc1ccccc1)C(=O)COc1ccc([N+](=O)[O-])c(OC)c1. The maximum Gasteiger partial charge on any atom is 0.311 e. The third kappa shape index (κ3) is 7.48. The summed E-state index contributed by atoms with van der Waals surface area (Å²) in [6.07, 6.45) is 1.36. The zero-order valence-electron chi connectivity index (χ0n) is 19.4. The maximum absolute atomic E-state index is 13.1. The highest BCUT2D eigenvalue weighted by Gasteiger charge is 2.27. The van der Waals surface area contributed by atoms with Crippen LogP contribution in [0.3, 0.4) is 0 Å². The number of hydrogen-bond acceptors (Lipinski definition) is 6. The van der Waals surface area contributed by atoms with Gasteiger partial charge in [0.2, 0.25) is 11.7 Å². The van der Waals surface area contributed by atoms with Gasteiger partial charge >= 0.3 is 5.69 Å². The quantitative estimate of drug-likeness (QED) is 0.386. The summed E-state index contributed by atoms with van der Waals surface area (Å²) in [6, 6.07) is 13.0. The smallest absolute Gasteiger partial charge is 0.311 e. The maximum atomic E-state index is 13.1. The van der Waals surface area contributed by atoms with Crippen molar-refractivity contribution in [2.75, 3.05) is 20.3 Å². The van der Waals surface area contributed by atoms with E-state index in [-0.39, 0.29) is 41.6 Å². The van der Waals surface area contributed by atoms with Crippen LogP contribution in [0.25, 0.3) is 0 Å². The lowest BCUT2D eigenvalue weighted by molar-refractivity contribution is -0.385. The Morgan fingerprint density at radius 3 is 2.45 bits per heavy atom. The number of amides is 2. The summed E-state index contributed by atoms with van der Waals surface area (Å²) >= 11 is 0.